The van der Waals surface area contributed by atoms with E-state index in [-0.39, 0.29) is 12.5 Å². The molecular formula is C33H45Cl2N5O7. The first-order chi connectivity index (χ1) is 22.5. The molecule has 12 nitrogen and oxygen atoms in total. The number of hydrogen-bond donors (Lipinski definition) is 7. The summed E-state index contributed by atoms with van der Waals surface area (Å²) in [6, 6.07) is 11.9. The Morgan fingerprint density at radius 1 is 0.979 bits per heavy atom. The first-order valence-electron chi connectivity index (χ1n) is 16.2. The number of aliphatic hydroxyl groups excluding tert-OH is 5. The molecule has 0 saturated heterocycles. The molecule has 47 heavy (non-hydrogen) atoms. The van der Waals surface area contributed by atoms with Crippen molar-refractivity contribution in [2.24, 2.45) is 0 Å². The highest BCUT2D eigenvalue weighted by atomic mass is 35.5. The Morgan fingerprint density at radius 3 is 2.28 bits per heavy atom. The quantitative estimate of drug-likeness (QED) is 0.137. The number of urea groups is 1. The third-order valence-corrected chi connectivity index (χ3v) is 10.0. The molecule has 2 saturated carbocycles. The van der Waals surface area contributed by atoms with Crippen LogP contribution < -0.4 is 20.4 Å². The van der Waals surface area contributed by atoms with Gasteiger partial charge in [-0.15, -0.1) is 0 Å². The number of benzene rings is 2. The number of para-hydroxylation sites is 2. The maximum Gasteiger partial charge on any atom is 0.317 e. The average Bonchev–Trinajstić information content (AvgIpc) is 4.01. The van der Waals surface area contributed by atoms with E-state index >= 15 is 0 Å². The molecule has 2 aliphatic carbocycles. The lowest BCUT2D eigenvalue weighted by molar-refractivity contribution is -0.121. The van der Waals surface area contributed by atoms with Crippen molar-refractivity contribution in [1.82, 2.24) is 15.5 Å². The largest absolute Gasteiger partial charge is 0.394 e. The van der Waals surface area contributed by atoms with Gasteiger partial charge in [-0.3, -0.25) is 10.1 Å². The van der Waals surface area contributed by atoms with Crippen LogP contribution in [0.4, 0.5) is 16.2 Å². The van der Waals surface area contributed by atoms with Crippen LogP contribution in [0.15, 0.2) is 36.4 Å². The predicted molar refractivity (Wildman–Crippen MR) is 180 cm³/mol. The number of anilines is 2. The monoisotopic (exact) mass is 693 g/mol. The second-order valence-corrected chi connectivity index (χ2v) is 13.7. The lowest BCUT2D eigenvalue weighted by atomic mass is 10.0. The molecule has 4 atom stereocenters. The molecule has 2 aromatic rings. The Balaban J connectivity index is 1.09. The van der Waals surface area contributed by atoms with Crippen LogP contribution in [0.25, 0.3) is 0 Å². The molecule has 0 radical (unpaired) electrons. The molecule has 5 rings (SSSR count). The lowest BCUT2D eigenvalue weighted by Crippen LogP contribution is -2.53. The Labute approximate surface area is 284 Å². The average molecular weight is 695 g/mol. The van der Waals surface area contributed by atoms with Crippen molar-refractivity contribution in [3.63, 3.8) is 0 Å². The minimum atomic E-state index is -1.77. The zero-order valence-electron chi connectivity index (χ0n) is 26.5. The number of carbonyl (C=O) groups is 2. The van der Waals surface area contributed by atoms with E-state index in [1.807, 2.05) is 35.2 Å². The lowest BCUT2D eigenvalue weighted by Gasteiger charge is -2.39. The Hall–Kier alpha value is -2.68. The van der Waals surface area contributed by atoms with E-state index in [1.165, 1.54) is 19.9 Å². The third kappa shape index (κ3) is 8.31. The first-order valence-corrected chi connectivity index (χ1v) is 16.9. The van der Waals surface area contributed by atoms with Gasteiger partial charge in [0.15, 0.2) is 0 Å². The molecule has 0 bridgehead atoms. The summed E-state index contributed by atoms with van der Waals surface area (Å²) >= 11 is 13.3. The summed E-state index contributed by atoms with van der Waals surface area (Å²) in [5, 5.41) is 55.5. The third-order valence-electron chi connectivity index (χ3n) is 9.30. The van der Waals surface area contributed by atoms with Gasteiger partial charge in [0.1, 0.15) is 24.4 Å². The van der Waals surface area contributed by atoms with Gasteiger partial charge in [-0.1, -0.05) is 35.3 Å². The summed E-state index contributed by atoms with van der Waals surface area (Å²) in [4.78, 5) is 31.8. The molecule has 3 aliphatic rings. The van der Waals surface area contributed by atoms with Crippen LogP contribution in [0.1, 0.15) is 43.2 Å². The summed E-state index contributed by atoms with van der Waals surface area (Å²) < 4.78 is 0. The van der Waals surface area contributed by atoms with Gasteiger partial charge in [-0.2, -0.15) is 0 Å². The van der Waals surface area contributed by atoms with Gasteiger partial charge in [0, 0.05) is 49.3 Å². The molecule has 2 aromatic carbocycles. The van der Waals surface area contributed by atoms with Crippen LogP contribution >= 0.6 is 23.2 Å². The zero-order chi connectivity index (χ0) is 33.9. The van der Waals surface area contributed by atoms with E-state index < -0.39 is 42.6 Å². The van der Waals surface area contributed by atoms with Gasteiger partial charge >= 0.3 is 6.03 Å². The number of hydrogen-bond acceptors (Lipinski definition) is 9. The summed E-state index contributed by atoms with van der Waals surface area (Å²) in [5.74, 6) is 0.0932. The van der Waals surface area contributed by atoms with Gasteiger partial charge in [-0.25, -0.2) is 4.79 Å². The molecule has 7 N–H and O–H groups in total. The molecular weight excluding hydrogens is 649 g/mol. The Morgan fingerprint density at radius 2 is 1.62 bits per heavy atom. The number of halogens is 2. The van der Waals surface area contributed by atoms with Gasteiger partial charge in [0.05, 0.1) is 30.1 Å². The zero-order valence-corrected chi connectivity index (χ0v) is 28.0. The molecule has 0 unspecified atom stereocenters. The fraction of sp³-hybridized carbons (Fsp3) is 0.576. The number of amides is 3. The van der Waals surface area contributed by atoms with E-state index in [0.29, 0.717) is 48.6 Å². The highest BCUT2D eigenvalue weighted by Gasteiger charge is 2.52. The minimum absolute atomic E-state index is 0.0932. The van der Waals surface area contributed by atoms with Gasteiger partial charge < -0.3 is 45.5 Å². The summed E-state index contributed by atoms with van der Waals surface area (Å²) in [5.41, 5.74) is 3.10. The van der Waals surface area contributed by atoms with Crippen LogP contribution in [0.3, 0.4) is 0 Å². The van der Waals surface area contributed by atoms with Gasteiger partial charge in [0.25, 0.3) is 0 Å². The number of aliphatic hydroxyl groups is 5. The maximum atomic E-state index is 13.8. The van der Waals surface area contributed by atoms with Crippen molar-refractivity contribution in [3.8, 4) is 0 Å². The summed E-state index contributed by atoms with van der Waals surface area (Å²) in [6.45, 7) is 1.10. The van der Waals surface area contributed by atoms with Crippen molar-refractivity contribution in [2.45, 2.75) is 81.1 Å². The summed E-state index contributed by atoms with van der Waals surface area (Å²) in [6.07, 6.45) is -1.66. The molecule has 1 aliphatic heterocycles. The van der Waals surface area contributed by atoms with E-state index in [4.69, 9.17) is 28.3 Å². The van der Waals surface area contributed by atoms with Crippen molar-refractivity contribution < 1.29 is 35.1 Å². The van der Waals surface area contributed by atoms with Crippen LogP contribution in [-0.2, 0) is 17.8 Å². The Kier molecular flexibility index (Phi) is 11.6. The van der Waals surface area contributed by atoms with Crippen LogP contribution in [0.2, 0.25) is 10.0 Å². The second-order valence-electron chi connectivity index (χ2n) is 12.9. The van der Waals surface area contributed by atoms with E-state index in [9.17, 15) is 30.0 Å². The molecule has 0 aromatic heterocycles. The number of nitrogens with one attached hydrogen (secondary N) is 2. The summed E-state index contributed by atoms with van der Waals surface area (Å²) in [7, 11) is 1.41. The van der Waals surface area contributed by atoms with Crippen LogP contribution in [0, 0.1) is 0 Å². The Bertz CT molecular complexity index is 1430. The number of carbonyl (C=O) groups excluding carboxylic acids is 2. The molecule has 0 spiro atoms. The number of fused-ring (bicyclic) bond motifs is 1. The maximum absolute atomic E-state index is 13.8. The highest BCUT2D eigenvalue weighted by molar-refractivity contribution is 6.34. The van der Waals surface area contributed by atoms with Crippen molar-refractivity contribution in [1.29, 1.82) is 0 Å². The van der Waals surface area contributed by atoms with Crippen molar-refractivity contribution >= 4 is 46.5 Å². The molecule has 1 heterocycles. The van der Waals surface area contributed by atoms with Crippen molar-refractivity contribution in [3.05, 3.63) is 57.6 Å². The van der Waals surface area contributed by atoms with Crippen LogP contribution in [-0.4, -0.2) is 118 Å². The smallest absolute Gasteiger partial charge is 0.317 e. The molecule has 14 heteroatoms. The van der Waals surface area contributed by atoms with Crippen molar-refractivity contribution in [2.75, 3.05) is 49.6 Å². The SMILES string of the molecule is CN(C[C@H](O)[C@@H](O)[C@@H](O)[C@H](O)CO)C(=O)NCCCc1cc(Cl)c(CNC2(C(=O)N3CCN(C4CC4)c4ccccc43)CC2)cc1Cl. The van der Waals surface area contributed by atoms with E-state index in [0.717, 1.165) is 46.8 Å². The highest BCUT2D eigenvalue weighted by Crippen LogP contribution is 2.44. The van der Waals surface area contributed by atoms with E-state index in [1.54, 1.807) is 0 Å². The first kappa shape index (κ1) is 35.6. The fourth-order valence-electron chi connectivity index (χ4n) is 6.07. The van der Waals surface area contributed by atoms with Gasteiger partial charge in [-0.05, 0) is 73.9 Å². The topological polar surface area (TPSA) is 169 Å². The standard InChI is InChI=1S/C33H45Cl2N5O7/c1-38(18-27(42)29(44)30(45)28(43)19-41)32(47)36-12-4-5-20-15-24(35)21(16-23(20)34)17-37-33(10-11-33)31(46)40-14-13-39(22-8-9-22)25-6-2-3-7-26(25)40/h2-3,6-7,15-16,22,27-30,37,41-45H,4-5,8-14,17-19H2,1H3,(H,36,47)/t27-,28+,29+,30-/m0/s1. The fourth-order valence-corrected chi connectivity index (χ4v) is 6.61. The van der Waals surface area contributed by atoms with Gasteiger partial charge in [0.2, 0.25) is 5.91 Å². The molecule has 3 amide bonds. The number of aryl methyl sites for hydroxylation is 1. The number of nitrogens with zero attached hydrogens (tertiary/aromatic N) is 3. The number of likely N-dealkylation sites (N-methyl/N-ethyl adjacent to an activating group) is 1. The predicted octanol–water partition coefficient (Wildman–Crippen LogP) is 1.64. The molecule has 258 valence electrons. The minimum Gasteiger partial charge on any atom is -0.394 e. The second kappa shape index (κ2) is 15.3. The normalized spacial score (nSPS) is 19.4. The molecule has 2 fully saturated rings. The number of rotatable bonds is 15. The van der Waals surface area contributed by atoms with Crippen LogP contribution in [0.5, 0.6) is 0 Å². The van der Waals surface area contributed by atoms with E-state index in [2.05, 4.69) is 21.6 Å².